The standard InChI is InChI=1S/C28H31ClN4O6/c1-15(31-25(35)18-8-9-21(30)20(29)13-18)27(37)33-10-4-7-23(33)26(36)32-22-14-24(34)39-28(22)38-19-11-16-5-2-3-6-17(16)12-19/h2-3,5-6,8-9,13,15,19,22-23,28H,4,7,10-12,14,30H2,1H3,(H,31,35)(H,32,36). The highest BCUT2D eigenvalue weighted by atomic mass is 35.5. The Kier molecular flexibility index (Phi) is 7.76. The predicted molar refractivity (Wildman–Crippen MR) is 143 cm³/mol. The highest BCUT2D eigenvalue weighted by Gasteiger charge is 2.42. The first-order chi connectivity index (χ1) is 18.7. The molecule has 2 heterocycles. The number of hydrogen-bond donors (Lipinski definition) is 3. The number of fused-ring (bicyclic) bond motifs is 1. The largest absolute Gasteiger partial charge is 0.433 e. The molecule has 39 heavy (non-hydrogen) atoms. The second kappa shape index (κ2) is 11.2. The van der Waals surface area contributed by atoms with Gasteiger partial charge in [0.15, 0.2) is 0 Å². The average molecular weight is 555 g/mol. The van der Waals surface area contributed by atoms with Crippen LogP contribution >= 0.6 is 11.6 Å². The summed E-state index contributed by atoms with van der Waals surface area (Å²) < 4.78 is 11.5. The molecule has 0 aromatic heterocycles. The maximum atomic E-state index is 13.3. The van der Waals surface area contributed by atoms with E-state index in [1.807, 2.05) is 12.1 Å². The summed E-state index contributed by atoms with van der Waals surface area (Å²) >= 11 is 6.01. The van der Waals surface area contributed by atoms with Gasteiger partial charge in [0.1, 0.15) is 18.1 Å². The van der Waals surface area contributed by atoms with Gasteiger partial charge in [-0.05, 0) is 61.9 Å². The van der Waals surface area contributed by atoms with Crippen LogP contribution < -0.4 is 16.4 Å². The predicted octanol–water partition coefficient (Wildman–Crippen LogP) is 1.97. The molecule has 206 valence electrons. The second-order valence-corrected chi connectivity index (χ2v) is 10.6. The van der Waals surface area contributed by atoms with Crippen molar-refractivity contribution in [1.29, 1.82) is 0 Å². The number of halogens is 1. The number of carbonyl (C=O) groups excluding carboxylic acids is 4. The second-order valence-electron chi connectivity index (χ2n) is 10.2. The molecule has 4 N–H and O–H groups in total. The lowest BCUT2D eigenvalue weighted by atomic mass is 10.1. The topological polar surface area (TPSA) is 140 Å². The van der Waals surface area contributed by atoms with E-state index in [-0.39, 0.29) is 34.9 Å². The summed E-state index contributed by atoms with van der Waals surface area (Å²) in [5.41, 5.74) is 8.72. The summed E-state index contributed by atoms with van der Waals surface area (Å²) in [5, 5.41) is 5.79. The fraction of sp³-hybridized carbons (Fsp3) is 0.429. The van der Waals surface area contributed by atoms with Gasteiger partial charge in [0, 0.05) is 12.1 Å². The number of hydrogen-bond acceptors (Lipinski definition) is 7. The molecular weight excluding hydrogens is 524 g/mol. The Labute approximate surface area is 231 Å². The van der Waals surface area contributed by atoms with Crippen LogP contribution in [0.4, 0.5) is 5.69 Å². The van der Waals surface area contributed by atoms with Crippen molar-refractivity contribution >= 4 is 41.0 Å². The van der Waals surface area contributed by atoms with Crippen molar-refractivity contribution in [2.45, 2.75) is 69.5 Å². The van der Waals surface area contributed by atoms with Gasteiger partial charge in [0.25, 0.3) is 5.91 Å². The van der Waals surface area contributed by atoms with Gasteiger partial charge in [-0.25, -0.2) is 0 Å². The number of amides is 3. The molecule has 2 aliphatic heterocycles. The van der Waals surface area contributed by atoms with Crippen LogP contribution in [0.1, 0.15) is 47.7 Å². The Hall–Kier alpha value is -3.63. The van der Waals surface area contributed by atoms with Crippen LogP contribution in [0.25, 0.3) is 0 Å². The molecule has 2 fully saturated rings. The molecule has 0 radical (unpaired) electrons. The molecule has 4 atom stereocenters. The zero-order valence-corrected chi connectivity index (χ0v) is 22.3. The molecule has 3 aliphatic rings. The highest BCUT2D eigenvalue weighted by Crippen LogP contribution is 2.28. The van der Waals surface area contributed by atoms with Gasteiger partial charge in [-0.1, -0.05) is 35.9 Å². The monoisotopic (exact) mass is 554 g/mol. The van der Waals surface area contributed by atoms with Crippen molar-refractivity contribution in [3.05, 3.63) is 64.2 Å². The molecule has 2 saturated heterocycles. The Morgan fingerprint density at radius 1 is 1.13 bits per heavy atom. The Balaban J connectivity index is 1.18. The molecule has 0 bridgehead atoms. The summed E-state index contributed by atoms with van der Waals surface area (Å²) in [4.78, 5) is 52.7. The van der Waals surface area contributed by atoms with Crippen molar-refractivity contribution in [3.63, 3.8) is 0 Å². The van der Waals surface area contributed by atoms with Crippen LogP contribution in [-0.4, -0.2) is 65.7 Å². The van der Waals surface area contributed by atoms with Gasteiger partial charge < -0.3 is 30.7 Å². The van der Waals surface area contributed by atoms with E-state index >= 15 is 0 Å². The fourth-order valence-corrected chi connectivity index (χ4v) is 5.60. The summed E-state index contributed by atoms with van der Waals surface area (Å²) in [6.07, 6.45) is 1.48. The minimum absolute atomic E-state index is 0.00660. The Morgan fingerprint density at radius 3 is 2.54 bits per heavy atom. The van der Waals surface area contributed by atoms with Crippen molar-refractivity contribution in [2.24, 2.45) is 0 Å². The normalized spacial score (nSPS) is 23.3. The lowest BCUT2D eigenvalue weighted by Gasteiger charge is -2.29. The number of carbonyl (C=O) groups is 4. The lowest BCUT2D eigenvalue weighted by molar-refractivity contribution is -0.175. The molecule has 2 aromatic rings. The van der Waals surface area contributed by atoms with E-state index in [9.17, 15) is 19.2 Å². The van der Waals surface area contributed by atoms with Gasteiger partial charge in [-0.3, -0.25) is 19.2 Å². The first kappa shape index (κ1) is 27.0. The van der Waals surface area contributed by atoms with Crippen LogP contribution in [-0.2, 0) is 36.7 Å². The Morgan fingerprint density at radius 2 is 1.85 bits per heavy atom. The number of ether oxygens (including phenoxy) is 2. The van der Waals surface area contributed by atoms with Crippen LogP contribution in [0.3, 0.4) is 0 Å². The molecule has 11 heteroatoms. The van der Waals surface area contributed by atoms with Crippen molar-refractivity contribution in [2.75, 3.05) is 12.3 Å². The third-order valence-electron chi connectivity index (χ3n) is 7.45. The summed E-state index contributed by atoms with van der Waals surface area (Å²) in [6, 6.07) is 10.3. The number of cyclic esters (lactones) is 1. The van der Waals surface area contributed by atoms with Gasteiger partial charge in [-0.15, -0.1) is 0 Å². The van der Waals surface area contributed by atoms with Crippen molar-refractivity contribution in [1.82, 2.24) is 15.5 Å². The summed E-state index contributed by atoms with van der Waals surface area (Å²) in [7, 11) is 0. The first-order valence-corrected chi connectivity index (χ1v) is 13.5. The fourth-order valence-electron chi connectivity index (χ4n) is 5.42. The number of rotatable bonds is 7. The van der Waals surface area contributed by atoms with Gasteiger partial charge >= 0.3 is 5.97 Å². The van der Waals surface area contributed by atoms with Crippen LogP contribution in [0.5, 0.6) is 0 Å². The summed E-state index contributed by atoms with van der Waals surface area (Å²) in [6.45, 7) is 1.95. The van der Waals surface area contributed by atoms with Gasteiger partial charge in [0.05, 0.1) is 23.2 Å². The molecule has 10 nitrogen and oxygen atoms in total. The number of benzene rings is 2. The van der Waals surface area contributed by atoms with Gasteiger partial charge in [0.2, 0.25) is 18.1 Å². The molecule has 5 rings (SSSR count). The number of nitrogens with one attached hydrogen (secondary N) is 2. The van der Waals surface area contributed by atoms with E-state index in [1.54, 1.807) is 6.92 Å². The SMILES string of the molecule is CC(NC(=O)c1ccc(N)c(Cl)c1)C(=O)N1CCCC1C(=O)NC1CC(=O)OC1OC1Cc2ccccc2C1. The number of nitrogens with two attached hydrogens (primary N) is 1. The number of likely N-dealkylation sites (tertiary alicyclic amines) is 1. The summed E-state index contributed by atoms with van der Waals surface area (Å²) in [5.74, 6) is -1.68. The number of nitrogen functional groups attached to an aromatic ring is 1. The first-order valence-electron chi connectivity index (χ1n) is 13.1. The van der Waals surface area contributed by atoms with Gasteiger partial charge in [-0.2, -0.15) is 0 Å². The molecule has 3 amide bonds. The zero-order chi connectivity index (χ0) is 27.7. The Bertz CT molecular complexity index is 1280. The van der Waals surface area contributed by atoms with Crippen molar-refractivity contribution < 1.29 is 28.7 Å². The maximum absolute atomic E-state index is 13.3. The quantitative estimate of drug-likeness (QED) is 0.351. The molecule has 0 spiro atoms. The molecule has 4 unspecified atom stereocenters. The molecular formula is C28H31ClN4O6. The van der Waals surface area contributed by atoms with Crippen LogP contribution in [0.2, 0.25) is 5.02 Å². The average Bonchev–Trinajstić information content (AvgIpc) is 3.63. The van der Waals surface area contributed by atoms with Crippen LogP contribution in [0, 0.1) is 0 Å². The number of anilines is 1. The lowest BCUT2D eigenvalue weighted by Crippen LogP contribution is -2.54. The van der Waals surface area contributed by atoms with E-state index < -0.39 is 36.3 Å². The third kappa shape index (κ3) is 5.86. The molecule has 1 aliphatic carbocycles. The zero-order valence-electron chi connectivity index (χ0n) is 21.5. The van der Waals surface area contributed by atoms with E-state index in [1.165, 1.54) is 34.2 Å². The minimum atomic E-state index is -0.892. The van der Waals surface area contributed by atoms with Crippen molar-refractivity contribution in [3.8, 4) is 0 Å². The molecule has 2 aromatic carbocycles. The molecule has 0 saturated carbocycles. The van der Waals surface area contributed by atoms with E-state index in [4.69, 9.17) is 26.8 Å². The van der Waals surface area contributed by atoms with E-state index in [0.717, 1.165) is 0 Å². The third-order valence-corrected chi connectivity index (χ3v) is 7.78. The minimum Gasteiger partial charge on any atom is -0.433 e. The number of nitrogens with zero attached hydrogens (tertiary/aromatic N) is 1. The smallest absolute Gasteiger partial charge is 0.310 e. The van der Waals surface area contributed by atoms with E-state index in [0.29, 0.717) is 37.9 Å². The van der Waals surface area contributed by atoms with E-state index in [2.05, 4.69) is 22.8 Å². The number of esters is 1. The maximum Gasteiger partial charge on any atom is 0.310 e. The highest BCUT2D eigenvalue weighted by molar-refractivity contribution is 6.33. The van der Waals surface area contributed by atoms with Crippen LogP contribution in [0.15, 0.2) is 42.5 Å².